The van der Waals surface area contributed by atoms with Crippen molar-refractivity contribution in [3.05, 3.63) is 59.7 Å². The monoisotopic (exact) mass is 344 g/mol. The third-order valence-electron chi connectivity index (χ3n) is 4.12. The lowest BCUT2D eigenvalue weighted by atomic mass is 10.1. The van der Waals surface area contributed by atoms with Crippen LogP contribution in [0.2, 0.25) is 0 Å². The number of benzene rings is 2. The largest absolute Gasteiger partial charge is 0.381 e. The van der Waals surface area contributed by atoms with Crippen LogP contribution in [0.1, 0.15) is 11.1 Å². The van der Waals surface area contributed by atoms with E-state index in [1.54, 1.807) is 6.26 Å². The second-order valence-corrected chi connectivity index (χ2v) is 7.43. The first-order valence-electron chi connectivity index (χ1n) is 8.26. The highest BCUT2D eigenvalue weighted by Gasteiger charge is 2.14. The van der Waals surface area contributed by atoms with Crippen molar-refractivity contribution in [2.75, 3.05) is 42.8 Å². The Morgan fingerprint density at radius 3 is 2.71 bits per heavy atom. The van der Waals surface area contributed by atoms with Gasteiger partial charge in [-0.2, -0.15) is 0 Å². The van der Waals surface area contributed by atoms with E-state index < -0.39 is 10.8 Å². The summed E-state index contributed by atoms with van der Waals surface area (Å²) >= 11 is 0. The van der Waals surface area contributed by atoms with Crippen molar-refractivity contribution in [1.82, 2.24) is 0 Å². The molecule has 1 aliphatic rings. The molecular weight excluding hydrogens is 320 g/mol. The lowest BCUT2D eigenvalue weighted by molar-refractivity contribution is 0.122. The van der Waals surface area contributed by atoms with Gasteiger partial charge in [-0.05, 0) is 29.3 Å². The Morgan fingerprint density at radius 1 is 1.12 bits per heavy atom. The smallest absolute Gasteiger partial charge is 0.0642 e. The van der Waals surface area contributed by atoms with Crippen molar-refractivity contribution >= 4 is 22.2 Å². The minimum Gasteiger partial charge on any atom is -0.381 e. The fourth-order valence-electron chi connectivity index (χ4n) is 2.98. The van der Waals surface area contributed by atoms with Crippen molar-refractivity contribution < 1.29 is 8.95 Å². The van der Waals surface area contributed by atoms with Crippen LogP contribution in [-0.2, 0) is 27.8 Å². The molecule has 0 bridgehead atoms. The third-order valence-corrected chi connectivity index (χ3v) is 4.86. The summed E-state index contributed by atoms with van der Waals surface area (Å²) in [7, 11) is -0.818. The van der Waals surface area contributed by atoms with Gasteiger partial charge < -0.3 is 15.0 Å². The van der Waals surface area contributed by atoms with Crippen molar-refractivity contribution in [2.45, 2.75) is 12.3 Å². The van der Waals surface area contributed by atoms with E-state index in [-0.39, 0.29) is 0 Å². The van der Waals surface area contributed by atoms with E-state index >= 15 is 0 Å². The number of para-hydroxylation sites is 1. The molecule has 1 aliphatic heterocycles. The SMILES string of the molecule is C[S@](=O)Cc1cccc(NCc2ccccc2N2CCOCC2)c1. The molecule has 0 unspecified atom stereocenters. The Hall–Kier alpha value is -1.85. The van der Waals surface area contributed by atoms with Gasteiger partial charge in [0.2, 0.25) is 0 Å². The van der Waals surface area contributed by atoms with Gasteiger partial charge in [0.05, 0.1) is 13.2 Å². The van der Waals surface area contributed by atoms with Gasteiger partial charge in [0, 0.05) is 53.8 Å². The highest BCUT2D eigenvalue weighted by molar-refractivity contribution is 7.83. The van der Waals surface area contributed by atoms with Crippen molar-refractivity contribution in [3.63, 3.8) is 0 Å². The number of nitrogens with zero attached hydrogens (tertiary/aromatic N) is 1. The number of rotatable bonds is 6. The van der Waals surface area contributed by atoms with Gasteiger partial charge in [-0.1, -0.05) is 30.3 Å². The fraction of sp³-hybridized carbons (Fsp3) is 0.368. The summed E-state index contributed by atoms with van der Waals surface area (Å²) in [6, 6.07) is 16.7. The van der Waals surface area contributed by atoms with E-state index in [0.29, 0.717) is 5.75 Å². The average Bonchev–Trinajstić information content (AvgIpc) is 2.61. The molecule has 4 nitrogen and oxygen atoms in total. The standard InChI is InChI=1S/C19H24N2O2S/c1-24(22)15-16-5-4-7-18(13-16)20-14-17-6-2-3-8-19(17)21-9-11-23-12-10-21/h2-8,13,20H,9-12,14-15H2,1H3/t24-/m0/s1. The molecule has 1 fully saturated rings. The summed E-state index contributed by atoms with van der Waals surface area (Å²) in [6.07, 6.45) is 1.73. The zero-order valence-electron chi connectivity index (χ0n) is 14.0. The molecule has 0 spiro atoms. The minimum absolute atomic E-state index is 0.597. The van der Waals surface area contributed by atoms with Crippen LogP contribution in [0.25, 0.3) is 0 Å². The topological polar surface area (TPSA) is 41.6 Å². The summed E-state index contributed by atoms with van der Waals surface area (Å²) < 4.78 is 16.9. The number of ether oxygens (including phenoxy) is 1. The lowest BCUT2D eigenvalue weighted by Crippen LogP contribution is -2.36. The molecule has 0 aromatic heterocycles. The Morgan fingerprint density at radius 2 is 1.92 bits per heavy atom. The summed E-state index contributed by atoms with van der Waals surface area (Å²) in [4.78, 5) is 2.39. The summed E-state index contributed by atoms with van der Waals surface area (Å²) in [5.41, 5.74) is 4.72. The van der Waals surface area contributed by atoms with E-state index in [1.807, 2.05) is 12.1 Å². The molecular formula is C19H24N2O2S. The first-order valence-corrected chi connectivity index (χ1v) is 9.98. The Bertz CT molecular complexity index is 699. The van der Waals surface area contributed by atoms with Gasteiger partial charge in [0.15, 0.2) is 0 Å². The van der Waals surface area contributed by atoms with Gasteiger partial charge in [0.25, 0.3) is 0 Å². The average molecular weight is 344 g/mol. The first kappa shape index (κ1) is 17.0. The molecule has 0 radical (unpaired) electrons. The summed E-state index contributed by atoms with van der Waals surface area (Å²) in [6.45, 7) is 4.23. The van der Waals surface area contributed by atoms with Crippen LogP contribution in [0.15, 0.2) is 48.5 Å². The second kappa shape index (κ2) is 8.31. The molecule has 128 valence electrons. The van der Waals surface area contributed by atoms with Crippen LogP contribution in [0.5, 0.6) is 0 Å². The van der Waals surface area contributed by atoms with Crippen molar-refractivity contribution in [1.29, 1.82) is 0 Å². The minimum atomic E-state index is -0.818. The maximum atomic E-state index is 11.4. The third kappa shape index (κ3) is 4.58. The number of anilines is 2. The number of nitrogens with one attached hydrogen (secondary N) is 1. The number of morpholine rings is 1. The molecule has 2 aromatic rings. The zero-order valence-corrected chi connectivity index (χ0v) is 14.8. The van der Waals surface area contributed by atoms with Crippen molar-refractivity contribution in [2.24, 2.45) is 0 Å². The number of hydrogen-bond donors (Lipinski definition) is 1. The van der Waals surface area contributed by atoms with E-state index in [4.69, 9.17) is 4.74 Å². The molecule has 24 heavy (non-hydrogen) atoms. The predicted molar refractivity (Wildman–Crippen MR) is 101 cm³/mol. The molecule has 0 saturated carbocycles. The maximum absolute atomic E-state index is 11.4. The van der Waals surface area contributed by atoms with Crippen LogP contribution in [0.3, 0.4) is 0 Å². The van der Waals surface area contributed by atoms with Gasteiger partial charge >= 0.3 is 0 Å². The van der Waals surface area contributed by atoms with Gasteiger partial charge in [-0.25, -0.2) is 0 Å². The number of hydrogen-bond acceptors (Lipinski definition) is 4. The Balaban J connectivity index is 1.69. The van der Waals surface area contributed by atoms with Crippen LogP contribution in [-0.4, -0.2) is 36.8 Å². The first-order chi connectivity index (χ1) is 11.7. The normalized spacial score (nSPS) is 16.0. The molecule has 0 amide bonds. The van der Waals surface area contributed by atoms with Crippen LogP contribution in [0, 0.1) is 0 Å². The van der Waals surface area contributed by atoms with Crippen LogP contribution >= 0.6 is 0 Å². The van der Waals surface area contributed by atoms with Crippen molar-refractivity contribution in [3.8, 4) is 0 Å². The van der Waals surface area contributed by atoms with E-state index in [2.05, 4.69) is 46.6 Å². The summed E-state index contributed by atoms with van der Waals surface area (Å²) in [5, 5.41) is 3.50. The summed E-state index contributed by atoms with van der Waals surface area (Å²) in [5.74, 6) is 0.597. The molecule has 1 heterocycles. The lowest BCUT2D eigenvalue weighted by Gasteiger charge is -2.30. The second-order valence-electron chi connectivity index (χ2n) is 6.00. The maximum Gasteiger partial charge on any atom is 0.0642 e. The molecule has 1 N–H and O–H groups in total. The Kier molecular flexibility index (Phi) is 5.88. The quantitative estimate of drug-likeness (QED) is 0.875. The van der Waals surface area contributed by atoms with Gasteiger partial charge in [0.1, 0.15) is 0 Å². The molecule has 5 heteroatoms. The van der Waals surface area contributed by atoms with Crippen LogP contribution < -0.4 is 10.2 Å². The zero-order chi connectivity index (χ0) is 16.8. The van der Waals surface area contributed by atoms with E-state index in [1.165, 1.54) is 11.3 Å². The molecule has 1 atom stereocenters. The molecule has 2 aromatic carbocycles. The fourth-order valence-corrected chi connectivity index (χ4v) is 3.63. The Labute approximate surface area is 146 Å². The molecule has 1 saturated heterocycles. The van der Waals surface area contributed by atoms with E-state index in [9.17, 15) is 4.21 Å². The predicted octanol–water partition coefficient (Wildman–Crippen LogP) is 3.01. The molecule has 3 rings (SSSR count). The van der Waals surface area contributed by atoms with Crippen LogP contribution in [0.4, 0.5) is 11.4 Å². The molecule has 0 aliphatic carbocycles. The van der Waals surface area contributed by atoms with E-state index in [0.717, 1.165) is 44.1 Å². The van der Waals surface area contributed by atoms with Gasteiger partial charge in [-0.3, -0.25) is 4.21 Å². The highest BCUT2D eigenvalue weighted by atomic mass is 32.2. The highest BCUT2D eigenvalue weighted by Crippen LogP contribution is 2.23. The van der Waals surface area contributed by atoms with Gasteiger partial charge in [-0.15, -0.1) is 0 Å².